The number of rotatable bonds is 4. The second-order valence-electron chi connectivity index (χ2n) is 6.03. The molecular weight excluding hydrogens is 234 g/mol. The van der Waals surface area contributed by atoms with Gasteiger partial charge in [-0.15, -0.1) is 0 Å². The Balaban J connectivity index is 1.86. The molecule has 1 heterocycles. The molecule has 0 aliphatic carbocycles. The maximum atomic E-state index is 3.60. The molecule has 1 fully saturated rings. The lowest BCUT2D eigenvalue weighted by molar-refractivity contribution is 0.192. The van der Waals surface area contributed by atoms with Crippen molar-refractivity contribution in [2.75, 3.05) is 40.3 Å². The highest BCUT2D eigenvalue weighted by Gasteiger charge is 2.17. The maximum absolute atomic E-state index is 3.60. The first-order valence-electron chi connectivity index (χ1n) is 7.21. The summed E-state index contributed by atoms with van der Waals surface area (Å²) in [5.74, 6) is 0. The van der Waals surface area contributed by atoms with E-state index in [4.69, 9.17) is 0 Å². The minimum absolute atomic E-state index is 0.593. The van der Waals surface area contributed by atoms with Crippen LogP contribution in [0.15, 0.2) is 18.2 Å². The molecule has 1 aromatic carbocycles. The molecule has 0 spiro atoms. The van der Waals surface area contributed by atoms with Gasteiger partial charge in [0.2, 0.25) is 0 Å². The van der Waals surface area contributed by atoms with E-state index in [1.165, 1.54) is 16.7 Å². The van der Waals surface area contributed by atoms with E-state index in [2.05, 4.69) is 61.3 Å². The van der Waals surface area contributed by atoms with Gasteiger partial charge in [-0.2, -0.15) is 0 Å². The molecule has 2 rings (SSSR count). The quantitative estimate of drug-likeness (QED) is 0.889. The smallest absolute Gasteiger partial charge is 0.0323 e. The van der Waals surface area contributed by atoms with Crippen LogP contribution in [-0.4, -0.2) is 56.1 Å². The van der Waals surface area contributed by atoms with Gasteiger partial charge in [0.1, 0.15) is 0 Å². The highest BCUT2D eigenvalue weighted by molar-refractivity contribution is 5.29. The largest absolute Gasteiger partial charge is 0.310 e. The Morgan fingerprint density at radius 1 is 1.32 bits per heavy atom. The van der Waals surface area contributed by atoms with Gasteiger partial charge in [0.15, 0.2) is 0 Å². The first-order chi connectivity index (χ1) is 9.04. The zero-order valence-electron chi connectivity index (χ0n) is 12.7. The van der Waals surface area contributed by atoms with Crippen LogP contribution in [0.3, 0.4) is 0 Å². The summed E-state index contributed by atoms with van der Waals surface area (Å²) in [5, 5.41) is 3.60. The van der Waals surface area contributed by atoms with Gasteiger partial charge in [0.25, 0.3) is 0 Å². The first kappa shape index (κ1) is 14.5. The molecule has 1 N–H and O–H groups in total. The first-order valence-corrected chi connectivity index (χ1v) is 7.21. The van der Waals surface area contributed by atoms with Gasteiger partial charge in [-0.1, -0.05) is 18.2 Å². The molecule has 106 valence electrons. The Morgan fingerprint density at radius 3 is 2.79 bits per heavy atom. The van der Waals surface area contributed by atoms with Crippen LogP contribution in [0.1, 0.15) is 16.7 Å². The average molecular weight is 261 g/mol. The van der Waals surface area contributed by atoms with Crippen molar-refractivity contribution in [3.8, 4) is 0 Å². The average Bonchev–Trinajstić information content (AvgIpc) is 2.34. The fraction of sp³-hybridized carbons (Fsp3) is 0.625. The predicted octanol–water partition coefficient (Wildman–Crippen LogP) is 1.64. The van der Waals surface area contributed by atoms with E-state index >= 15 is 0 Å². The van der Waals surface area contributed by atoms with Crippen LogP contribution in [0.5, 0.6) is 0 Å². The summed E-state index contributed by atoms with van der Waals surface area (Å²) in [4.78, 5) is 4.83. The lowest BCUT2D eigenvalue weighted by Gasteiger charge is -2.33. The van der Waals surface area contributed by atoms with Crippen molar-refractivity contribution in [3.63, 3.8) is 0 Å². The molecule has 0 radical (unpaired) electrons. The molecule has 0 saturated carbocycles. The number of likely N-dealkylation sites (N-methyl/N-ethyl adjacent to an activating group) is 2. The third kappa shape index (κ3) is 4.30. The van der Waals surface area contributed by atoms with Gasteiger partial charge in [-0.3, -0.25) is 0 Å². The zero-order valence-corrected chi connectivity index (χ0v) is 12.7. The van der Waals surface area contributed by atoms with E-state index in [0.29, 0.717) is 6.04 Å². The normalized spacial score (nSPS) is 21.0. The van der Waals surface area contributed by atoms with Gasteiger partial charge < -0.3 is 15.1 Å². The minimum Gasteiger partial charge on any atom is -0.310 e. The van der Waals surface area contributed by atoms with E-state index in [1.807, 2.05) is 0 Å². The van der Waals surface area contributed by atoms with Crippen LogP contribution < -0.4 is 5.32 Å². The minimum atomic E-state index is 0.593. The summed E-state index contributed by atoms with van der Waals surface area (Å²) in [6, 6.07) is 7.38. The summed E-state index contributed by atoms with van der Waals surface area (Å²) in [7, 11) is 4.42. The number of aryl methyl sites for hydroxylation is 2. The number of benzene rings is 1. The highest BCUT2D eigenvalue weighted by Crippen LogP contribution is 2.11. The van der Waals surface area contributed by atoms with Crippen molar-refractivity contribution >= 4 is 0 Å². The molecule has 1 aliphatic heterocycles. The van der Waals surface area contributed by atoms with E-state index < -0.39 is 0 Å². The molecule has 1 aliphatic rings. The van der Waals surface area contributed by atoms with Crippen molar-refractivity contribution in [1.82, 2.24) is 15.1 Å². The van der Waals surface area contributed by atoms with Crippen molar-refractivity contribution in [2.24, 2.45) is 0 Å². The van der Waals surface area contributed by atoms with Gasteiger partial charge in [-0.25, -0.2) is 0 Å². The lowest BCUT2D eigenvalue weighted by atomic mass is 10.1. The van der Waals surface area contributed by atoms with Crippen LogP contribution in [0, 0.1) is 13.8 Å². The standard InChI is InChI=1S/C16H27N3/c1-13-5-6-15(9-14(13)2)10-19(4)12-16-11-18(3)8-7-17-16/h5-6,9,16-17H,7-8,10-12H2,1-4H3. The van der Waals surface area contributed by atoms with E-state index in [0.717, 1.165) is 32.7 Å². The predicted molar refractivity (Wildman–Crippen MR) is 81.5 cm³/mol. The molecule has 1 aromatic rings. The Hall–Kier alpha value is -0.900. The number of hydrogen-bond acceptors (Lipinski definition) is 3. The topological polar surface area (TPSA) is 18.5 Å². The zero-order chi connectivity index (χ0) is 13.8. The summed E-state index contributed by atoms with van der Waals surface area (Å²) >= 11 is 0. The summed E-state index contributed by atoms with van der Waals surface area (Å²) in [6.45, 7) is 9.93. The molecule has 1 atom stereocenters. The summed E-state index contributed by atoms with van der Waals surface area (Å²) < 4.78 is 0. The molecule has 1 unspecified atom stereocenters. The van der Waals surface area contributed by atoms with Gasteiger partial charge in [0.05, 0.1) is 0 Å². The molecule has 19 heavy (non-hydrogen) atoms. The van der Waals surface area contributed by atoms with Crippen molar-refractivity contribution in [2.45, 2.75) is 26.4 Å². The highest BCUT2D eigenvalue weighted by atomic mass is 15.2. The van der Waals surface area contributed by atoms with Crippen molar-refractivity contribution in [3.05, 3.63) is 34.9 Å². The van der Waals surface area contributed by atoms with Gasteiger partial charge >= 0.3 is 0 Å². The molecule has 0 amide bonds. The Morgan fingerprint density at radius 2 is 2.11 bits per heavy atom. The van der Waals surface area contributed by atoms with Crippen LogP contribution in [-0.2, 0) is 6.54 Å². The van der Waals surface area contributed by atoms with Gasteiger partial charge in [-0.05, 0) is 44.6 Å². The van der Waals surface area contributed by atoms with E-state index in [1.54, 1.807) is 0 Å². The van der Waals surface area contributed by atoms with Crippen molar-refractivity contribution in [1.29, 1.82) is 0 Å². The fourth-order valence-electron chi connectivity index (χ4n) is 2.77. The summed E-state index contributed by atoms with van der Waals surface area (Å²) in [5.41, 5.74) is 4.18. The Bertz CT molecular complexity index is 416. The number of piperazine rings is 1. The molecule has 3 nitrogen and oxygen atoms in total. The van der Waals surface area contributed by atoms with Crippen molar-refractivity contribution < 1.29 is 0 Å². The molecule has 0 aromatic heterocycles. The van der Waals surface area contributed by atoms with E-state index in [-0.39, 0.29) is 0 Å². The van der Waals surface area contributed by atoms with E-state index in [9.17, 15) is 0 Å². The lowest BCUT2D eigenvalue weighted by Crippen LogP contribution is -2.53. The molecule has 1 saturated heterocycles. The fourth-order valence-corrected chi connectivity index (χ4v) is 2.77. The second kappa shape index (κ2) is 6.51. The molecule has 0 bridgehead atoms. The van der Waals surface area contributed by atoms with Crippen LogP contribution in [0.4, 0.5) is 0 Å². The second-order valence-corrected chi connectivity index (χ2v) is 6.03. The van der Waals surface area contributed by atoms with Crippen LogP contribution >= 0.6 is 0 Å². The van der Waals surface area contributed by atoms with Gasteiger partial charge in [0, 0.05) is 38.8 Å². The SMILES string of the molecule is Cc1ccc(CN(C)CC2CN(C)CCN2)cc1C. The third-order valence-corrected chi connectivity index (χ3v) is 4.01. The third-order valence-electron chi connectivity index (χ3n) is 4.01. The number of hydrogen-bond donors (Lipinski definition) is 1. The molecular formula is C16H27N3. The monoisotopic (exact) mass is 261 g/mol. The Labute approximate surface area is 117 Å². The van der Waals surface area contributed by atoms with Crippen LogP contribution in [0.25, 0.3) is 0 Å². The maximum Gasteiger partial charge on any atom is 0.0323 e. The molecule has 3 heteroatoms. The van der Waals surface area contributed by atoms with Crippen LogP contribution in [0.2, 0.25) is 0 Å². The Kier molecular flexibility index (Phi) is 4.97. The summed E-state index contributed by atoms with van der Waals surface area (Å²) in [6.07, 6.45) is 0. The number of nitrogens with zero attached hydrogens (tertiary/aromatic N) is 2. The number of nitrogens with one attached hydrogen (secondary N) is 1.